The van der Waals surface area contributed by atoms with Crippen molar-refractivity contribution in [3.63, 3.8) is 0 Å². The molecule has 35 heavy (non-hydrogen) atoms. The van der Waals surface area contributed by atoms with Gasteiger partial charge in [0.1, 0.15) is 12.6 Å². The number of fused-ring (bicyclic) bond motifs is 3. The Hall–Kier alpha value is -3.35. The topological polar surface area (TPSA) is 105 Å². The van der Waals surface area contributed by atoms with Crippen molar-refractivity contribution in [3.8, 4) is 11.1 Å². The summed E-state index contributed by atoms with van der Waals surface area (Å²) in [6, 6.07) is 15.2. The van der Waals surface area contributed by atoms with E-state index in [9.17, 15) is 19.5 Å². The van der Waals surface area contributed by atoms with Crippen molar-refractivity contribution in [2.75, 3.05) is 6.61 Å². The fraction of sp³-hybridized carbons (Fsp3) is 0.464. The second-order valence-corrected chi connectivity index (χ2v) is 10.7. The monoisotopic (exact) mass is 478 g/mol. The largest absolute Gasteiger partial charge is 0.481 e. The molecule has 0 spiro atoms. The van der Waals surface area contributed by atoms with Crippen molar-refractivity contribution >= 4 is 18.0 Å². The molecular formula is C28H34N2O5. The van der Waals surface area contributed by atoms with Crippen LogP contribution in [0.25, 0.3) is 11.1 Å². The maximum absolute atomic E-state index is 13.1. The van der Waals surface area contributed by atoms with Gasteiger partial charge >= 0.3 is 12.1 Å². The molecule has 2 aromatic carbocycles. The second-order valence-electron chi connectivity index (χ2n) is 10.7. The third kappa shape index (κ3) is 5.50. The van der Waals surface area contributed by atoms with Gasteiger partial charge in [-0.1, -0.05) is 75.7 Å². The van der Waals surface area contributed by atoms with Gasteiger partial charge in [0, 0.05) is 12.0 Å². The molecule has 1 fully saturated rings. The van der Waals surface area contributed by atoms with Gasteiger partial charge < -0.3 is 20.5 Å². The van der Waals surface area contributed by atoms with Gasteiger partial charge in [0.25, 0.3) is 0 Å². The molecule has 7 heteroatoms. The molecule has 2 amide bonds. The average Bonchev–Trinajstić information content (AvgIpc) is 3.14. The Morgan fingerprint density at radius 2 is 1.60 bits per heavy atom. The fourth-order valence-electron chi connectivity index (χ4n) is 5.26. The summed E-state index contributed by atoms with van der Waals surface area (Å²) in [6.07, 6.45) is 1.87. The van der Waals surface area contributed by atoms with Crippen LogP contribution in [-0.2, 0) is 14.3 Å². The van der Waals surface area contributed by atoms with Crippen molar-refractivity contribution < 1.29 is 24.2 Å². The third-order valence-corrected chi connectivity index (χ3v) is 7.10. The molecule has 1 saturated carbocycles. The Morgan fingerprint density at radius 3 is 2.17 bits per heavy atom. The van der Waals surface area contributed by atoms with E-state index in [1.54, 1.807) is 0 Å². The second kappa shape index (κ2) is 10.1. The minimum atomic E-state index is -0.826. The van der Waals surface area contributed by atoms with Crippen molar-refractivity contribution in [2.45, 2.75) is 64.5 Å². The molecule has 1 unspecified atom stereocenters. The van der Waals surface area contributed by atoms with Crippen LogP contribution >= 0.6 is 0 Å². The first-order chi connectivity index (χ1) is 16.6. The number of nitrogens with one attached hydrogen (secondary N) is 2. The molecule has 7 nitrogen and oxygen atoms in total. The molecule has 0 radical (unpaired) electrons. The fourth-order valence-corrected chi connectivity index (χ4v) is 5.26. The van der Waals surface area contributed by atoms with E-state index in [0.717, 1.165) is 35.1 Å². The molecule has 3 N–H and O–H groups in total. The number of carbonyl (C=O) groups excluding carboxylic acids is 2. The van der Waals surface area contributed by atoms with E-state index in [2.05, 4.69) is 34.9 Å². The predicted molar refractivity (Wildman–Crippen MR) is 133 cm³/mol. The lowest BCUT2D eigenvalue weighted by molar-refractivity contribution is -0.143. The van der Waals surface area contributed by atoms with E-state index in [0.29, 0.717) is 12.8 Å². The molecule has 2 aliphatic rings. The van der Waals surface area contributed by atoms with Crippen molar-refractivity contribution in [1.29, 1.82) is 0 Å². The van der Waals surface area contributed by atoms with Crippen LogP contribution in [-0.4, -0.2) is 41.8 Å². The number of carbonyl (C=O) groups is 3. The van der Waals surface area contributed by atoms with Gasteiger partial charge in [-0.2, -0.15) is 0 Å². The first kappa shape index (κ1) is 24.8. The van der Waals surface area contributed by atoms with Crippen molar-refractivity contribution in [3.05, 3.63) is 59.7 Å². The van der Waals surface area contributed by atoms with Crippen LogP contribution < -0.4 is 10.6 Å². The van der Waals surface area contributed by atoms with Crippen LogP contribution in [0.1, 0.15) is 63.5 Å². The Kier molecular flexibility index (Phi) is 7.15. The zero-order valence-electron chi connectivity index (χ0n) is 20.5. The summed E-state index contributed by atoms with van der Waals surface area (Å²) in [5, 5.41) is 15.1. The molecule has 0 aliphatic heterocycles. The maximum Gasteiger partial charge on any atom is 0.407 e. The highest BCUT2D eigenvalue weighted by Crippen LogP contribution is 2.44. The first-order valence-electron chi connectivity index (χ1n) is 12.3. The quantitative estimate of drug-likeness (QED) is 0.558. The highest BCUT2D eigenvalue weighted by atomic mass is 16.5. The zero-order valence-corrected chi connectivity index (χ0v) is 20.5. The van der Waals surface area contributed by atoms with Gasteiger partial charge in [0.15, 0.2) is 0 Å². The molecule has 2 aromatic rings. The van der Waals surface area contributed by atoms with Gasteiger partial charge in [0.05, 0.1) is 5.92 Å². The van der Waals surface area contributed by atoms with Crippen LogP contribution in [0.4, 0.5) is 4.79 Å². The Balaban J connectivity index is 1.40. The van der Waals surface area contributed by atoms with Crippen LogP contribution in [0.3, 0.4) is 0 Å². The van der Waals surface area contributed by atoms with Crippen LogP contribution in [0.5, 0.6) is 0 Å². The van der Waals surface area contributed by atoms with E-state index in [1.807, 2.05) is 45.0 Å². The van der Waals surface area contributed by atoms with E-state index < -0.39 is 29.4 Å². The lowest BCUT2D eigenvalue weighted by Crippen LogP contribution is -2.56. The number of aliphatic carboxylic acids is 1. The SMILES string of the molecule is CC(C)(C)C(NC(=O)OCC1c2ccccc2-c2ccccc21)C(=O)N[C@@H]1CCC[C@@H](C(=O)O)C1. The molecular weight excluding hydrogens is 444 g/mol. The average molecular weight is 479 g/mol. The number of hydrogen-bond acceptors (Lipinski definition) is 4. The lowest BCUT2D eigenvalue weighted by atomic mass is 9.83. The number of amides is 2. The molecule has 0 saturated heterocycles. The van der Waals surface area contributed by atoms with Crippen molar-refractivity contribution in [1.82, 2.24) is 10.6 Å². The van der Waals surface area contributed by atoms with E-state index >= 15 is 0 Å². The summed E-state index contributed by atoms with van der Waals surface area (Å²) in [5.41, 5.74) is 3.98. The molecule has 0 bridgehead atoms. The standard InChI is InChI=1S/C28H34N2O5/c1-28(2,3)24(25(31)29-18-10-8-9-17(15-18)26(32)33)30-27(34)35-16-23-21-13-6-4-11-19(21)20-12-5-7-14-22(20)23/h4-7,11-14,17-18,23-24H,8-10,15-16H2,1-3H3,(H,29,31)(H,30,34)(H,32,33)/t17-,18-,24?/m1/s1. The number of carboxylic acid groups (broad SMARTS) is 1. The number of alkyl carbamates (subject to hydrolysis) is 1. The Bertz CT molecular complexity index is 1060. The molecule has 4 rings (SSSR count). The minimum absolute atomic E-state index is 0.0646. The van der Waals surface area contributed by atoms with E-state index in [4.69, 9.17) is 4.74 Å². The first-order valence-corrected chi connectivity index (χ1v) is 12.3. The van der Waals surface area contributed by atoms with Gasteiger partial charge in [0.2, 0.25) is 5.91 Å². The summed E-state index contributed by atoms with van der Waals surface area (Å²) < 4.78 is 5.65. The van der Waals surface area contributed by atoms with Gasteiger partial charge in [-0.15, -0.1) is 0 Å². The summed E-state index contributed by atoms with van der Waals surface area (Å²) in [7, 11) is 0. The Labute approximate surface area is 206 Å². The van der Waals surface area contributed by atoms with Gasteiger partial charge in [-0.25, -0.2) is 4.79 Å². The third-order valence-electron chi connectivity index (χ3n) is 7.10. The molecule has 2 aliphatic carbocycles. The summed E-state index contributed by atoms with van der Waals surface area (Å²) >= 11 is 0. The number of rotatable bonds is 6. The number of hydrogen-bond donors (Lipinski definition) is 3. The molecule has 3 atom stereocenters. The molecule has 0 heterocycles. The molecule has 186 valence electrons. The van der Waals surface area contributed by atoms with E-state index in [-0.39, 0.29) is 24.5 Å². The van der Waals surface area contributed by atoms with Gasteiger partial charge in [-0.3, -0.25) is 9.59 Å². The van der Waals surface area contributed by atoms with Crippen molar-refractivity contribution in [2.24, 2.45) is 11.3 Å². The minimum Gasteiger partial charge on any atom is -0.481 e. The van der Waals surface area contributed by atoms with Crippen LogP contribution in [0, 0.1) is 11.3 Å². The highest BCUT2D eigenvalue weighted by molar-refractivity contribution is 5.87. The highest BCUT2D eigenvalue weighted by Gasteiger charge is 2.36. The number of ether oxygens (including phenoxy) is 1. The maximum atomic E-state index is 13.1. The summed E-state index contributed by atoms with van der Waals surface area (Å²) in [6.45, 7) is 5.80. The Morgan fingerprint density at radius 1 is 1.00 bits per heavy atom. The normalized spacial score (nSPS) is 20.3. The summed E-state index contributed by atoms with van der Waals surface area (Å²) in [5.74, 6) is -1.65. The van der Waals surface area contributed by atoms with Gasteiger partial charge in [-0.05, 0) is 46.9 Å². The van der Waals surface area contributed by atoms with E-state index in [1.165, 1.54) is 0 Å². The lowest BCUT2D eigenvalue weighted by Gasteiger charge is -2.33. The number of carboxylic acids is 1. The predicted octanol–water partition coefficient (Wildman–Crippen LogP) is 4.70. The van der Waals surface area contributed by atoms with Crippen LogP contribution in [0.2, 0.25) is 0 Å². The smallest absolute Gasteiger partial charge is 0.407 e. The number of benzene rings is 2. The molecule has 0 aromatic heterocycles. The van der Waals surface area contributed by atoms with Crippen LogP contribution in [0.15, 0.2) is 48.5 Å². The zero-order chi connectivity index (χ0) is 25.2. The summed E-state index contributed by atoms with van der Waals surface area (Å²) in [4.78, 5) is 37.3.